The number of hydrogen-bond donors (Lipinski definition) is 12. The third-order valence-electron chi connectivity index (χ3n) is 19.9. The molecule has 4 aliphatic carbocycles. The summed E-state index contributed by atoms with van der Waals surface area (Å²) in [7, 11) is 0. The van der Waals surface area contributed by atoms with Gasteiger partial charge in [0.25, 0.3) is 0 Å². The average molecular weight is 1050 g/mol. The van der Waals surface area contributed by atoms with E-state index in [4.69, 9.17) is 47.4 Å². The molecule has 10 fully saturated rings. The highest BCUT2D eigenvalue weighted by atomic mass is 16.8. The van der Waals surface area contributed by atoms with Gasteiger partial charge in [0.05, 0.1) is 45.2 Å². The summed E-state index contributed by atoms with van der Waals surface area (Å²) >= 11 is 0. The van der Waals surface area contributed by atoms with Crippen molar-refractivity contribution < 1.29 is 113 Å². The Bertz CT molecular complexity index is 1910. The molecule has 0 bridgehead atoms. The molecule has 12 N–H and O–H groups in total. The maximum absolute atomic E-state index is 14.7. The minimum absolute atomic E-state index is 0.0117. The number of carbonyl (C=O) groups is 1. The minimum Gasteiger partial charge on any atom is -0.394 e. The number of carbonyl (C=O) groups excluding carboxylic acids is 1. The molecule has 6 aliphatic heterocycles. The highest BCUT2D eigenvalue weighted by Gasteiger charge is 2.72. The van der Waals surface area contributed by atoms with Gasteiger partial charge >= 0.3 is 0 Å². The normalized spacial score (nSPS) is 57.2. The van der Waals surface area contributed by atoms with Crippen LogP contribution in [-0.2, 0) is 52.2 Å². The Hall–Kier alpha value is -1.21. The highest BCUT2D eigenvalue weighted by Crippen LogP contribution is 2.70. The van der Waals surface area contributed by atoms with Crippen molar-refractivity contribution in [3.05, 3.63) is 0 Å². The summed E-state index contributed by atoms with van der Waals surface area (Å²) in [4.78, 5) is 14.7. The van der Waals surface area contributed by atoms with Gasteiger partial charge < -0.3 is 109 Å². The SMILES string of the molecule is C[C@@H]1CC[C@@]2(OC1)OC1C[C@H]3[C@@H]4CC[C@H]5C[C@@H](O[C@@H]6O[C@H](CO)[C@H](O[C@@H]7O[C@H](CO)[C@@H](O)[C@H](O[C@@H]8OC[C@@H](O)[C@H](O)[C@H]8O)[C@H]7O[C@@H]7O[C@H](CO)[C@@H](O)[C@H](O)[C@H]7O)[C@H](O)[C@H]6O)CC[C@]5(C)[C@H]4CC(=O)[C@]3(C)C1[C@@H]2C. The van der Waals surface area contributed by atoms with Gasteiger partial charge in [-0.15, -0.1) is 0 Å². The van der Waals surface area contributed by atoms with Crippen molar-refractivity contribution in [3.63, 3.8) is 0 Å². The summed E-state index contributed by atoms with van der Waals surface area (Å²) in [6, 6.07) is 0. The molecule has 0 radical (unpaired) electrons. The van der Waals surface area contributed by atoms with E-state index in [9.17, 15) is 66.1 Å². The van der Waals surface area contributed by atoms with Crippen molar-refractivity contribution in [1.29, 1.82) is 0 Å². The molecule has 10 aliphatic rings. The lowest BCUT2D eigenvalue weighted by Crippen LogP contribution is -2.68. The minimum atomic E-state index is -2.01. The van der Waals surface area contributed by atoms with Gasteiger partial charge in [-0.1, -0.05) is 27.7 Å². The number of fused-ring (bicyclic) bond motifs is 7. The summed E-state index contributed by atoms with van der Waals surface area (Å²) < 4.78 is 61.1. The van der Waals surface area contributed by atoms with Gasteiger partial charge in [0.1, 0.15) is 97.3 Å². The van der Waals surface area contributed by atoms with E-state index in [1.54, 1.807) is 0 Å². The van der Waals surface area contributed by atoms with Gasteiger partial charge in [-0.2, -0.15) is 0 Å². The Balaban J connectivity index is 0.820. The van der Waals surface area contributed by atoms with E-state index < -0.39 is 160 Å². The van der Waals surface area contributed by atoms with Gasteiger partial charge in [0.2, 0.25) is 0 Å². The fourth-order valence-corrected chi connectivity index (χ4v) is 15.6. The molecule has 73 heavy (non-hydrogen) atoms. The van der Waals surface area contributed by atoms with Crippen LogP contribution < -0.4 is 0 Å². The summed E-state index contributed by atoms with van der Waals surface area (Å²) in [6.45, 7) is 6.58. The second-order valence-electron chi connectivity index (χ2n) is 23.7. The number of aliphatic hydroxyl groups excluding tert-OH is 12. The van der Waals surface area contributed by atoms with Crippen LogP contribution in [0.1, 0.15) is 85.5 Å². The largest absolute Gasteiger partial charge is 0.394 e. The zero-order chi connectivity index (χ0) is 52.2. The number of aliphatic hydroxyl groups is 12. The molecule has 6 heterocycles. The first-order valence-electron chi connectivity index (χ1n) is 26.7. The summed E-state index contributed by atoms with van der Waals surface area (Å²) in [5, 5.41) is 129. The maximum atomic E-state index is 14.7. The first-order chi connectivity index (χ1) is 34.7. The van der Waals surface area contributed by atoms with E-state index in [0.29, 0.717) is 43.5 Å². The Morgan fingerprint density at radius 2 is 1.22 bits per heavy atom. The first kappa shape index (κ1) is 55.1. The van der Waals surface area contributed by atoms with Crippen LogP contribution in [0.5, 0.6) is 0 Å². The molecule has 2 unspecified atom stereocenters. The van der Waals surface area contributed by atoms with Crippen molar-refractivity contribution in [2.75, 3.05) is 33.0 Å². The van der Waals surface area contributed by atoms with E-state index in [2.05, 4.69) is 27.7 Å². The van der Waals surface area contributed by atoms with Crippen LogP contribution in [0.4, 0.5) is 0 Å². The number of rotatable bonds is 11. The molecule has 0 aromatic heterocycles. The third-order valence-corrected chi connectivity index (χ3v) is 19.9. The van der Waals surface area contributed by atoms with E-state index in [0.717, 1.165) is 38.5 Å². The quantitative estimate of drug-likeness (QED) is 0.0913. The molecule has 1 spiro atoms. The van der Waals surface area contributed by atoms with Gasteiger partial charge in [0.15, 0.2) is 30.9 Å². The molecule has 6 saturated heterocycles. The number of ketones is 1. The number of Topliss-reactive ketones (excluding diaryl/α,β-unsaturated/α-hetero) is 1. The van der Waals surface area contributed by atoms with E-state index in [-0.39, 0.29) is 41.1 Å². The van der Waals surface area contributed by atoms with E-state index in [1.807, 2.05) is 0 Å². The van der Waals surface area contributed by atoms with Crippen molar-refractivity contribution in [1.82, 2.24) is 0 Å². The van der Waals surface area contributed by atoms with Gasteiger partial charge in [-0.25, -0.2) is 0 Å². The molecule has 0 amide bonds. The van der Waals surface area contributed by atoms with Crippen molar-refractivity contribution in [3.8, 4) is 0 Å². The molecular weight excluding hydrogens is 969 g/mol. The molecule has 23 heteroatoms. The Morgan fingerprint density at radius 3 is 1.92 bits per heavy atom. The Morgan fingerprint density at radius 1 is 0.589 bits per heavy atom. The Kier molecular flexibility index (Phi) is 15.9. The molecule has 0 aromatic carbocycles. The molecule has 10 rings (SSSR count). The topological polar surface area (TPSA) is 352 Å². The first-order valence-corrected chi connectivity index (χ1v) is 26.7. The molecular formula is C50H80O23. The molecule has 0 aromatic rings. The third kappa shape index (κ3) is 9.30. The number of ether oxygens (including phenoxy) is 10. The second kappa shape index (κ2) is 21.1. The van der Waals surface area contributed by atoms with Crippen LogP contribution in [0.15, 0.2) is 0 Å². The van der Waals surface area contributed by atoms with Crippen LogP contribution in [0, 0.1) is 52.3 Å². The number of hydrogen-bond acceptors (Lipinski definition) is 23. The van der Waals surface area contributed by atoms with Crippen LogP contribution >= 0.6 is 0 Å². The van der Waals surface area contributed by atoms with E-state index >= 15 is 0 Å². The average Bonchev–Trinajstić information content (AvgIpc) is 3.83. The second-order valence-corrected chi connectivity index (χ2v) is 23.7. The van der Waals surface area contributed by atoms with Gasteiger partial charge in [-0.05, 0) is 80.0 Å². The fourth-order valence-electron chi connectivity index (χ4n) is 15.6. The monoisotopic (exact) mass is 1050 g/mol. The van der Waals surface area contributed by atoms with Crippen LogP contribution in [-0.4, -0.2) is 235 Å². The Labute approximate surface area is 423 Å². The molecule has 418 valence electrons. The summed E-state index contributed by atoms with van der Waals surface area (Å²) in [5.41, 5.74) is -0.628. The van der Waals surface area contributed by atoms with Crippen molar-refractivity contribution in [2.24, 2.45) is 52.3 Å². The van der Waals surface area contributed by atoms with Crippen LogP contribution in [0.25, 0.3) is 0 Å². The van der Waals surface area contributed by atoms with Crippen LogP contribution in [0.3, 0.4) is 0 Å². The molecule has 31 atom stereocenters. The van der Waals surface area contributed by atoms with Crippen molar-refractivity contribution >= 4 is 5.78 Å². The van der Waals surface area contributed by atoms with Gasteiger partial charge in [-0.3, -0.25) is 4.79 Å². The van der Waals surface area contributed by atoms with Crippen LogP contribution in [0.2, 0.25) is 0 Å². The standard InChI is InChI=1S/C50H80O23/c1-19-7-10-50(65-17-19)20(2)32-27(73-50)12-25-23-6-5-21-11-22(8-9-48(21,3)24(23)13-31(55)49(25,32)4)66-45-40(63)37(60)41(30(16-53)69-45)70-47-43(72-46-39(62)36(59)34(57)28(14-51)67-46)42(35(58)29(15-52)68-47)71-44-38(61)33(56)26(54)18-64-44/h19-30,32-47,51-54,56-63H,5-18H2,1-4H3/t19-,20+,21+,22+,23-,24+,25+,26-,27?,28-,29-,30-,32?,33+,34-,35-,36+,37-,38-,39-,40-,41+,42+,43-,44+,45-,46+,47+,48+,49-,50-/m1/s1. The zero-order valence-electron chi connectivity index (χ0n) is 41.9. The summed E-state index contributed by atoms with van der Waals surface area (Å²) in [5.74, 6) is 1.40. The lowest BCUT2D eigenvalue weighted by Gasteiger charge is -2.60. The van der Waals surface area contributed by atoms with E-state index in [1.165, 1.54) is 0 Å². The summed E-state index contributed by atoms with van der Waals surface area (Å²) in [6.07, 6.45) is -26.6. The van der Waals surface area contributed by atoms with Gasteiger partial charge in [0, 0.05) is 30.1 Å². The lowest BCUT2D eigenvalue weighted by atomic mass is 9.44. The smallest absolute Gasteiger partial charge is 0.187 e. The maximum Gasteiger partial charge on any atom is 0.187 e. The predicted molar refractivity (Wildman–Crippen MR) is 243 cm³/mol. The highest BCUT2D eigenvalue weighted by molar-refractivity contribution is 5.87. The predicted octanol–water partition coefficient (Wildman–Crippen LogP) is -3.09. The molecule has 4 saturated carbocycles. The fraction of sp³-hybridized carbons (Fsp3) is 0.980. The zero-order valence-corrected chi connectivity index (χ0v) is 41.9. The lowest BCUT2D eigenvalue weighted by molar-refractivity contribution is -0.404. The molecule has 23 nitrogen and oxygen atoms in total. The van der Waals surface area contributed by atoms with Crippen molar-refractivity contribution in [2.45, 2.75) is 220 Å².